The molecule has 0 aliphatic heterocycles. The standard InChI is InChI=1S/C7H8N2O3/c1-11-7(10)6-4-5(12-8)2-3-9-6/h2-4H,8H2,1H3. The normalized spacial score (nSPS) is 9.17. The Labute approximate surface area is 69.1 Å². The first-order chi connectivity index (χ1) is 5.77. The number of rotatable bonds is 2. The molecule has 1 aromatic rings. The number of carbonyl (C=O) groups is 1. The van der Waals surface area contributed by atoms with Crippen molar-refractivity contribution < 1.29 is 14.4 Å². The first-order valence-electron chi connectivity index (χ1n) is 3.19. The van der Waals surface area contributed by atoms with E-state index in [1.54, 1.807) is 0 Å². The smallest absolute Gasteiger partial charge is 0.356 e. The third kappa shape index (κ3) is 1.70. The van der Waals surface area contributed by atoms with E-state index in [2.05, 4.69) is 14.6 Å². The van der Waals surface area contributed by atoms with Crippen LogP contribution in [-0.2, 0) is 4.74 Å². The molecule has 0 aliphatic rings. The number of nitrogens with zero attached hydrogens (tertiary/aromatic N) is 1. The molecular formula is C7H8N2O3. The molecule has 5 heteroatoms. The Hall–Kier alpha value is -1.62. The Bertz CT molecular complexity index is 288. The second kappa shape index (κ2) is 3.68. The number of nitrogens with two attached hydrogens (primary N) is 1. The van der Waals surface area contributed by atoms with Crippen molar-refractivity contribution in [1.29, 1.82) is 0 Å². The van der Waals surface area contributed by atoms with E-state index < -0.39 is 5.97 Å². The van der Waals surface area contributed by atoms with Gasteiger partial charge in [-0.05, 0) is 0 Å². The molecular weight excluding hydrogens is 160 g/mol. The number of pyridine rings is 1. The van der Waals surface area contributed by atoms with Gasteiger partial charge in [0, 0.05) is 18.3 Å². The third-order valence-corrected chi connectivity index (χ3v) is 1.26. The van der Waals surface area contributed by atoms with Gasteiger partial charge in [-0.1, -0.05) is 0 Å². The molecule has 0 radical (unpaired) electrons. The maximum absolute atomic E-state index is 10.9. The summed E-state index contributed by atoms with van der Waals surface area (Å²) in [4.78, 5) is 19.1. The Morgan fingerprint density at radius 1 is 1.67 bits per heavy atom. The van der Waals surface area contributed by atoms with E-state index in [0.717, 1.165) is 0 Å². The maximum Gasteiger partial charge on any atom is 0.356 e. The fraction of sp³-hybridized carbons (Fsp3) is 0.143. The first-order valence-corrected chi connectivity index (χ1v) is 3.19. The van der Waals surface area contributed by atoms with E-state index in [1.807, 2.05) is 0 Å². The highest BCUT2D eigenvalue weighted by Crippen LogP contribution is 2.09. The lowest BCUT2D eigenvalue weighted by Gasteiger charge is -1.99. The van der Waals surface area contributed by atoms with Gasteiger partial charge in [-0.3, -0.25) is 0 Å². The summed E-state index contributed by atoms with van der Waals surface area (Å²) in [6, 6.07) is 2.93. The molecule has 0 atom stereocenters. The molecule has 2 N–H and O–H groups in total. The number of aromatic nitrogens is 1. The monoisotopic (exact) mass is 168 g/mol. The van der Waals surface area contributed by atoms with Crippen LogP contribution in [0.4, 0.5) is 0 Å². The fourth-order valence-electron chi connectivity index (χ4n) is 0.701. The van der Waals surface area contributed by atoms with Crippen molar-refractivity contribution in [2.45, 2.75) is 0 Å². The minimum absolute atomic E-state index is 0.167. The van der Waals surface area contributed by atoms with Crippen LogP contribution in [0.3, 0.4) is 0 Å². The van der Waals surface area contributed by atoms with Crippen LogP contribution in [0.2, 0.25) is 0 Å². The summed E-state index contributed by atoms with van der Waals surface area (Å²) in [5, 5.41) is 0. The molecule has 1 rings (SSSR count). The van der Waals surface area contributed by atoms with Crippen molar-refractivity contribution in [3.63, 3.8) is 0 Å². The zero-order valence-electron chi connectivity index (χ0n) is 6.48. The van der Waals surface area contributed by atoms with Crippen molar-refractivity contribution in [3.8, 4) is 5.75 Å². The van der Waals surface area contributed by atoms with Crippen LogP contribution in [0, 0.1) is 0 Å². The molecule has 5 nitrogen and oxygen atoms in total. The molecule has 1 heterocycles. The summed E-state index contributed by atoms with van der Waals surface area (Å²) in [6.45, 7) is 0. The summed E-state index contributed by atoms with van der Waals surface area (Å²) < 4.78 is 4.44. The molecule has 0 aromatic carbocycles. The highest BCUT2D eigenvalue weighted by atomic mass is 16.6. The molecule has 0 spiro atoms. The number of esters is 1. The summed E-state index contributed by atoms with van der Waals surface area (Å²) in [7, 11) is 1.28. The van der Waals surface area contributed by atoms with Crippen molar-refractivity contribution in [3.05, 3.63) is 24.0 Å². The van der Waals surface area contributed by atoms with Crippen molar-refractivity contribution in [1.82, 2.24) is 4.98 Å². The summed E-state index contributed by atoms with van der Waals surface area (Å²) in [5.41, 5.74) is 0.167. The van der Waals surface area contributed by atoms with Crippen LogP contribution in [0.15, 0.2) is 18.3 Å². The highest BCUT2D eigenvalue weighted by Gasteiger charge is 2.07. The number of ether oxygens (including phenoxy) is 1. The van der Waals surface area contributed by atoms with Gasteiger partial charge >= 0.3 is 5.97 Å². The van der Waals surface area contributed by atoms with Gasteiger partial charge in [0.15, 0.2) is 11.4 Å². The van der Waals surface area contributed by atoms with Crippen LogP contribution in [-0.4, -0.2) is 18.1 Å². The topological polar surface area (TPSA) is 74.4 Å². The minimum atomic E-state index is -0.520. The molecule has 64 valence electrons. The summed E-state index contributed by atoms with van der Waals surface area (Å²) in [5.74, 6) is 4.73. The Morgan fingerprint density at radius 3 is 3.00 bits per heavy atom. The van der Waals surface area contributed by atoms with Gasteiger partial charge in [-0.25, -0.2) is 9.78 Å². The molecule has 0 amide bonds. The molecule has 1 aromatic heterocycles. The van der Waals surface area contributed by atoms with Gasteiger partial charge in [-0.15, -0.1) is 0 Å². The van der Waals surface area contributed by atoms with Gasteiger partial charge in [0.1, 0.15) is 0 Å². The largest absolute Gasteiger partial charge is 0.464 e. The SMILES string of the molecule is COC(=O)c1cc(ON)ccn1. The van der Waals surface area contributed by atoms with Gasteiger partial charge in [0.05, 0.1) is 7.11 Å². The van der Waals surface area contributed by atoms with E-state index in [4.69, 9.17) is 5.90 Å². The molecule has 0 saturated heterocycles. The zero-order chi connectivity index (χ0) is 8.97. The number of carbonyl (C=O) groups excluding carboxylic acids is 1. The summed E-state index contributed by atoms with van der Waals surface area (Å²) >= 11 is 0. The molecule has 12 heavy (non-hydrogen) atoms. The van der Waals surface area contributed by atoms with Crippen LogP contribution < -0.4 is 10.7 Å². The van der Waals surface area contributed by atoms with E-state index in [0.29, 0.717) is 5.75 Å². The lowest BCUT2D eigenvalue weighted by Crippen LogP contribution is -2.06. The predicted octanol–water partition coefficient (Wildman–Crippen LogP) is 0.121. The van der Waals surface area contributed by atoms with Gasteiger partial charge < -0.3 is 9.57 Å². The van der Waals surface area contributed by atoms with E-state index in [-0.39, 0.29) is 5.69 Å². The Kier molecular flexibility index (Phi) is 2.60. The average Bonchev–Trinajstić information content (AvgIpc) is 2.17. The number of methoxy groups -OCH3 is 1. The van der Waals surface area contributed by atoms with Gasteiger partial charge in [0.25, 0.3) is 0 Å². The first kappa shape index (κ1) is 8.48. The fourth-order valence-corrected chi connectivity index (χ4v) is 0.701. The molecule has 0 saturated carbocycles. The maximum atomic E-state index is 10.9. The molecule has 0 aliphatic carbocycles. The number of hydrogen-bond acceptors (Lipinski definition) is 5. The Balaban J connectivity index is 2.93. The van der Waals surface area contributed by atoms with Gasteiger partial charge in [-0.2, -0.15) is 5.90 Å². The van der Waals surface area contributed by atoms with Gasteiger partial charge in [0.2, 0.25) is 0 Å². The van der Waals surface area contributed by atoms with Crippen molar-refractivity contribution in [2.24, 2.45) is 5.90 Å². The average molecular weight is 168 g/mol. The van der Waals surface area contributed by atoms with E-state index >= 15 is 0 Å². The molecule has 0 unspecified atom stereocenters. The van der Waals surface area contributed by atoms with E-state index in [9.17, 15) is 4.79 Å². The lowest BCUT2D eigenvalue weighted by atomic mass is 10.3. The van der Waals surface area contributed by atoms with Crippen LogP contribution in [0.5, 0.6) is 5.75 Å². The second-order valence-electron chi connectivity index (χ2n) is 1.99. The molecule has 0 fully saturated rings. The van der Waals surface area contributed by atoms with Crippen LogP contribution >= 0.6 is 0 Å². The van der Waals surface area contributed by atoms with E-state index in [1.165, 1.54) is 25.4 Å². The Morgan fingerprint density at radius 2 is 2.42 bits per heavy atom. The predicted molar refractivity (Wildman–Crippen MR) is 40.4 cm³/mol. The summed E-state index contributed by atoms with van der Waals surface area (Å²) in [6.07, 6.45) is 1.41. The molecule has 0 bridgehead atoms. The zero-order valence-corrected chi connectivity index (χ0v) is 6.48. The highest BCUT2D eigenvalue weighted by molar-refractivity contribution is 5.87. The van der Waals surface area contributed by atoms with Crippen molar-refractivity contribution >= 4 is 5.97 Å². The number of hydrogen-bond donors (Lipinski definition) is 1. The van der Waals surface area contributed by atoms with Crippen LogP contribution in [0.1, 0.15) is 10.5 Å². The quantitative estimate of drug-likeness (QED) is 0.501. The third-order valence-electron chi connectivity index (χ3n) is 1.26. The van der Waals surface area contributed by atoms with Crippen molar-refractivity contribution in [2.75, 3.05) is 7.11 Å². The lowest BCUT2D eigenvalue weighted by molar-refractivity contribution is 0.0593. The minimum Gasteiger partial charge on any atom is -0.464 e. The second-order valence-corrected chi connectivity index (χ2v) is 1.99. The van der Waals surface area contributed by atoms with Crippen LogP contribution in [0.25, 0.3) is 0 Å².